The number of amides is 3. The summed E-state index contributed by atoms with van der Waals surface area (Å²) in [6.07, 6.45) is -3.37. The van der Waals surface area contributed by atoms with E-state index < -0.39 is 59.1 Å². The number of carboxylic acid groups (broad SMARTS) is 1. The van der Waals surface area contributed by atoms with E-state index in [9.17, 15) is 37.5 Å². The molecule has 276 valence electrons. The molecule has 0 aliphatic carbocycles. The number of allylic oxidation sites excluding steroid dienone is 1. The van der Waals surface area contributed by atoms with E-state index >= 15 is 0 Å². The highest BCUT2D eigenvalue weighted by Crippen LogP contribution is 2.43. The van der Waals surface area contributed by atoms with Gasteiger partial charge in [-0.15, -0.1) is 23.1 Å². The van der Waals surface area contributed by atoms with Crippen molar-refractivity contribution in [1.29, 1.82) is 0 Å². The van der Waals surface area contributed by atoms with Gasteiger partial charge in [0, 0.05) is 33.4 Å². The quantitative estimate of drug-likeness (QED) is 0.0654. The molecule has 3 aliphatic heterocycles. The Morgan fingerprint density at radius 2 is 1.56 bits per heavy atom. The van der Waals surface area contributed by atoms with Crippen molar-refractivity contribution < 1.29 is 42.3 Å². The molecule has 3 aromatic carbocycles. The van der Waals surface area contributed by atoms with E-state index in [0.29, 0.717) is 21.6 Å². The molecule has 4 N–H and O–H groups in total. The molecule has 17 heteroatoms. The number of hydrogen-bond acceptors (Lipinski definition) is 10. The van der Waals surface area contributed by atoms with Crippen LogP contribution < -0.4 is 11.1 Å². The van der Waals surface area contributed by atoms with Crippen LogP contribution in [0.5, 0.6) is 0 Å². The fraction of sp³-hybridized carbons (Fsp3) is 0.189. The molecule has 3 aliphatic rings. The average Bonchev–Trinajstić information content (AvgIpc) is 3.60. The van der Waals surface area contributed by atoms with Crippen LogP contribution in [0.25, 0.3) is 0 Å². The Labute approximate surface area is 313 Å². The molecule has 12 nitrogen and oxygen atoms in total. The first-order chi connectivity index (χ1) is 25.9. The number of thioether (sulfide) groups is 1. The van der Waals surface area contributed by atoms with Crippen molar-refractivity contribution in [2.24, 2.45) is 5.16 Å². The van der Waals surface area contributed by atoms with Crippen LogP contribution in [0.15, 0.2) is 124 Å². The Morgan fingerprint density at radius 1 is 0.981 bits per heavy atom. The molecule has 4 heterocycles. The first-order valence-corrected chi connectivity index (χ1v) is 18.2. The third-order valence-electron chi connectivity index (χ3n) is 8.92. The molecule has 4 aromatic rings. The van der Waals surface area contributed by atoms with Crippen LogP contribution in [0.2, 0.25) is 0 Å². The molecular weight excluding hydrogens is 746 g/mol. The molecule has 0 saturated carbocycles. The van der Waals surface area contributed by atoms with Gasteiger partial charge < -0.3 is 25.9 Å². The fourth-order valence-electron chi connectivity index (χ4n) is 6.47. The highest BCUT2D eigenvalue weighted by molar-refractivity contribution is 8.00. The van der Waals surface area contributed by atoms with Gasteiger partial charge >= 0.3 is 12.1 Å². The maximum absolute atomic E-state index is 14.1. The lowest BCUT2D eigenvalue weighted by Gasteiger charge is -2.49. The highest BCUT2D eigenvalue weighted by atomic mass is 32.2. The lowest BCUT2D eigenvalue weighted by atomic mass is 9.80. The molecule has 0 radical (unpaired) electrons. The molecule has 2 atom stereocenters. The van der Waals surface area contributed by atoms with Gasteiger partial charge in [0.15, 0.2) is 10.8 Å². The number of hydrogen-bond donors (Lipinski definition) is 3. The first-order valence-electron chi connectivity index (χ1n) is 16.3. The van der Waals surface area contributed by atoms with Crippen molar-refractivity contribution in [3.05, 3.63) is 142 Å². The number of aliphatic carboxylic acids is 1. The largest absolute Gasteiger partial charge is 0.477 e. The number of aromatic nitrogens is 1. The summed E-state index contributed by atoms with van der Waals surface area (Å²) >= 11 is 2.18. The number of carbonyl (C=O) groups is 4. The number of nitrogen functional groups attached to an aromatic ring is 1. The van der Waals surface area contributed by atoms with Gasteiger partial charge in [0.05, 0.1) is 6.54 Å². The van der Waals surface area contributed by atoms with Gasteiger partial charge in [-0.2, -0.15) is 13.2 Å². The second-order valence-electron chi connectivity index (χ2n) is 12.4. The van der Waals surface area contributed by atoms with Crippen molar-refractivity contribution in [3.8, 4) is 0 Å². The van der Waals surface area contributed by atoms with Gasteiger partial charge in [-0.1, -0.05) is 96.2 Å². The minimum absolute atomic E-state index is 0.00107. The summed E-state index contributed by atoms with van der Waals surface area (Å²) in [6, 6.07) is 26.7. The monoisotopic (exact) mass is 774 g/mol. The third kappa shape index (κ3) is 6.82. The number of benzene rings is 3. The van der Waals surface area contributed by atoms with Crippen LogP contribution >= 0.6 is 23.1 Å². The number of likely N-dealkylation sites (tertiary alicyclic amines) is 1. The van der Waals surface area contributed by atoms with Crippen LogP contribution in [0, 0.1) is 0 Å². The average molecular weight is 775 g/mol. The molecule has 54 heavy (non-hydrogen) atoms. The Kier molecular flexibility index (Phi) is 9.76. The number of rotatable bonds is 11. The van der Waals surface area contributed by atoms with E-state index in [0.717, 1.165) is 28.0 Å². The lowest BCUT2D eigenvalue weighted by molar-refractivity contribution is -0.164. The number of β-lactam (4-membered cyclic amide) rings is 2. The van der Waals surface area contributed by atoms with Crippen LogP contribution in [0.4, 0.5) is 18.3 Å². The summed E-state index contributed by atoms with van der Waals surface area (Å²) in [7, 11) is 0. The molecule has 7 rings (SSSR count). The molecule has 1 aromatic heterocycles. The van der Waals surface area contributed by atoms with Gasteiger partial charge in [-0.3, -0.25) is 19.3 Å². The lowest BCUT2D eigenvalue weighted by Crippen LogP contribution is -2.71. The second kappa shape index (κ2) is 14.5. The molecule has 2 saturated heterocycles. The zero-order valence-electron chi connectivity index (χ0n) is 27.9. The Balaban J connectivity index is 1.19. The van der Waals surface area contributed by atoms with E-state index in [1.807, 2.05) is 91.0 Å². The number of nitrogens with zero attached hydrogens (tertiary/aromatic N) is 4. The minimum Gasteiger partial charge on any atom is -0.477 e. The molecule has 0 spiro atoms. The Bertz CT molecular complexity index is 2120. The van der Waals surface area contributed by atoms with Gasteiger partial charge in [-0.05, 0) is 11.6 Å². The smallest absolute Gasteiger partial charge is 0.406 e. The van der Waals surface area contributed by atoms with Gasteiger partial charge in [0.25, 0.3) is 17.7 Å². The van der Waals surface area contributed by atoms with Crippen molar-refractivity contribution >= 4 is 57.6 Å². The number of fused-ring (bicyclic) bond motifs is 1. The van der Waals surface area contributed by atoms with Crippen molar-refractivity contribution in [2.45, 2.75) is 23.2 Å². The summed E-state index contributed by atoms with van der Waals surface area (Å²) < 4.78 is 38.3. The van der Waals surface area contributed by atoms with Crippen molar-refractivity contribution in [2.75, 3.05) is 24.6 Å². The maximum Gasteiger partial charge on any atom is 0.406 e. The molecule has 3 amide bonds. The van der Waals surface area contributed by atoms with Gasteiger partial charge in [-0.25, -0.2) is 9.78 Å². The Hall–Kier alpha value is -5.94. The predicted octanol–water partition coefficient (Wildman–Crippen LogP) is 4.51. The zero-order chi connectivity index (χ0) is 38.2. The molecule has 0 unspecified atom stereocenters. The van der Waals surface area contributed by atoms with Gasteiger partial charge in [0.2, 0.25) is 5.60 Å². The Morgan fingerprint density at radius 3 is 2.04 bits per heavy atom. The number of carbonyl (C=O) groups excluding carboxylic acids is 3. The van der Waals surface area contributed by atoms with Crippen molar-refractivity contribution in [3.63, 3.8) is 0 Å². The molecular formula is C37H29F3N6O6S2. The highest BCUT2D eigenvalue weighted by Gasteiger charge is 2.54. The van der Waals surface area contributed by atoms with E-state index in [-0.39, 0.29) is 40.0 Å². The first kappa shape index (κ1) is 36.4. The van der Waals surface area contributed by atoms with Gasteiger partial charge in [0.1, 0.15) is 29.4 Å². The standard InChI is InChI=1S/C37H29F3N6O6S2/c38-36(39,40)20-45-17-21(31(45)48)16-22-18-53-33-28(32(49)46(33)29(22)34(50)51)43-30(47)27(26-19-54-35(41)42-26)44-52-37(23-10-4-1-5-11-23,24-12-6-2-7-13-24)25-14-8-3-9-15-25/h1-16,19,28,33H,17-18,20H2,(H2,41,42)(H,43,47)(H,50,51)/t28-,33-/m1/s1. The van der Waals surface area contributed by atoms with E-state index in [2.05, 4.69) is 15.5 Å². The summed E-state index contributed by atoms with van der Waals surface area (Å²) in [4.78, 5) is 64.8. The number of anilines is 1. The normalized spacial score (nSPS) is 19.6. The summed E-state index contributed by atoms with van der Waals surface area (Å²) in [5.41, 5.74) is 6.10. The SMILES string of the molecule is Nc1nc(C(=NOC(c2ccccc2)(c2ccccc2)c2ccccc2)C(=O)N[C@@H]2C(=O)N3C(C(=O)O)=C(C=C4CN(CC(F)(F)F)C4=O)CS[C@H]23)cs1. The number of thiazole rings is 1. The van der Waals surface area contributed by atoms with Crippen LogP contribution in [-0.4, -0.2) is 85.7 Å². The summed E-state index contributed by atoms with van der Waals surface area (Å²) in [6.45, 7) is -1.74. The number of nitrogens with one attached hydrogen (secondary N) is 1. The second-order valence-corrected chi connectivity index (χ2v) is 14.4. The molecule has 0 bridgehead atoms. The molecule has 2 fully saturated rings. The number of nitrogens with two attached hydrogens (primary N) is 1. The number of oxime groups is 1. The summed E-state index contributed by atoms with van der Waals surface area (Å²) in [5.74, 6) is -3.95. The van der Waals surface area contributed by atoms with E-state index in [1.54, 1.807) is 0 Å². The summed E-state index contributed by atoms with van der Waals surface area (Å²) in [5, 5.41) is 18.0. The fourth-order valence-corrected chi connectivity index (χ4v) is 8.33. The van der Waals surface area contributed by atoms with Crippen molar-refractivity contribution in [1.82, 2.24) is 20.1 Å². The minimum atomic E-state index is -4.58. The van der Waals surface area contributed by atoms with Crippen LogP contribution in [-0.2, 0) is 29.6 Å². The number of alkyl halides is 3. The predicted molar refractivity (Wildman–Crippen MR) is 194 cm³/mol. The van der Waals surface area contributed by atoms with E-state index in [4.69, 9.17) is 10.6 Å². The van der Waals surface area contributed by atoms with Crippen LogP contribution in [0.3, 0.4) is 0 Å². The topological polar surface area (TPSA) is 168 Å². The third-order valence-corrected chi connectivity index (χ3v) is 10.9. The zero-order valence-corrected chi connectivity index (χ0v) is 29.5. The van der Waals surface area contributed by atoms with E-state index in [1.165, 1.54) is 11.5 Å². The number of carboxylic acids is 1. The maximum atomic E-state index is 14.1. The van der Waals surface area contributed by atoms with Crippen LogP contribution in [0.1, 0.15) is 22.4 Å². The number of halogens is 3.